The summed E-state index contributed by atoms with van der Waals surface area (Å²) in [6, 6.07) is 0.508. The second-order valence-electron chi connectivity index (χ2n) is 3.62. The van der Waals surface area contributed by atoms with E-state index in [0.717, 1.165) is 6.42 Å². The molecule has 0 saturated heterocycles. The standard InChI is InChI=1S/C9H15N3/c1-6-4-8-7(9(6)10-2)5-11-12(8)3/h5-6,9-10H,4H2,1-3H3. The Kier molecular flexibility index (Phi) is 1.68. The molecule has 1 aromatic heterocycles. The van der Waals surface area contributed by atoms with Gasteiger partial charge in [0.15, 0.2) is 0 Å². The number of hydrogen-bond donors (Lipinski definition) is 1. The van der Waals surface area contributed by atoms with Gasteiger partial charge in [-0.25, -0.2) is 0 Å². The molecule has 0 aliphatic heterocycles. The van der Waals surface area contributed by atoms with E-state index in [1.54, 1.807) is 0 Å². The van der Waals surface area contributed by atoms with Crippen molar-refractivity contribution < 1.29 is 0 Å². The molecule has 0 amide bonds. The molecule has 12 heavy (non-hydrogen) atoms. The Hall–Kier alpha value is -0.830. The number of nitrogens with zero attached hydrogens (tertiary/aromatic N) is 2. The van der Waals surface area contributed by atoms with Crippen molar-refractivity contribution in [1.29, 1.82) is 0 Å². The highest BCUT2D eigenvalue weighted by molar-refractivity contribution is 5.28. The summed E-state index contributed by atoms with van der Waals surface area (Å²) < 4.78 is 1.99. The van der Waals surface area contributed by atoms with Crippen LogP contribution in [0.15, 0.2) is 6.20 Å². The van der Waals surface area contributed by atoms with Crippen molar-refractivity contribution in [2.75, 3.05) is 7.05 Å². The van der Waals surface area contributed by atoms with Gasteiger partial charge in [-0.2, -0.15) is 5.10 Å². The fourth-order valence-corrected chi connectivity index (χ4v) is 2.16. The SMILES string of the molecule is CNC1c2cnn(C)c2CC1C. The zero-order chi connectivity index (χ0) is 8.72. The van der Waals surface area contributed by atoms with Gasteiger partial charge in [-0.05, 0) is 19.4 Å². The predicted molar refractivity (Wildman–Crippen MR) is 47.9 cm³/mol. The summed E-state index contributed by atoms with van der Waals surface area (Å²) in [7, 11) is 4.03. The lowest BCUT2D eigenvalue weighted by atomic mass is 10.0. The minimum atomic E-state index is 0.508. The Morgan fingerprint density at radius 3 is 3.08 bits per heavy atom. The van der Waals surface area contributed by atoms with Crippen molar-refractivity contribution in [2.24, 2.45) is 13.0 Å². The lowest BCUT2D eigenvalue weighted by Gasteiger charge is -2.13. The third kappa shape index (κ3) is 0.894. The normalized spacial score (nSPS) is 27.6. The van der Waals surface area contributed by atoms with Gasteiger partial charge in [0, 0.05) is 24.3 Å². The molecule has 2 unspecified atom stereocenters. The average Bonchev–Trinajstić information content (AvgIpc) is 2.52. The van der Waals surface area contributed by atoms with E-state index in [9.17, 15) is 0 Å². The van der Waals surface area contributed by atoms with E-state index in [4.69, 9.17) is 0 Å². The van der Waals surface area contributed by atoms with Crippen LogP contribution >= 0.6 is 0 Å². The highest BCUT2D eigenvalue weighted by atomic mass is 15.3. The fourth-order valence-electron chi connectivity index (χ4n) is 2.16. The average molecular weight is 165 g/mol. The van der Waals surface area contributed by atoms with Gasteiger partial charge >= 0.3 is 0 Å². The second-order valence-corrected chi connectivity index (χ2v) is 3.62. The summed E-state index contributed by atoms with van der Waals surface area (Å²) >= 11 is 0. The van der Waals surface area contributed by atoms with Crippen LogP contribution in [0.2, 0.25) is 0 Å². The van der Waals surface area contributed by atoms with Crippen LogP contribution in [-0.4, -0.2) is 16.8 Å². The molecule has 0 fully saturated rings. The fraction of sp³-hybridized carbons (Fsp3) is 0.667. The molecule has 1 aliphatic rings. The van der Waals surface area contributed by atoms with Gasteiger partial charge in [0.1, 0.15) is 0 Å². The molecule has 1 heterocycles. The highest BCUT2D eigenvalue weighted by Crippen LogP contribution is 2.34. The van der Waals surface area contributed by atoms with Gasteiger partial charge in [-0.3, -0.25) is 4.68 Å². The molecule has 0 saturated carbocycles. The van der Waals surface area contributed by atoms with Crippen LogP contribution in [-0.2, 0) is 13.5 Å². The first-order valence-corrected chi connectivity index (χ1v) is 4.42. The number of fused-ring (bicyclic) bond motifs is 1. The number of nitrogens with one attached hydrogen (secondary N) is 1. The maximum atomic E-state index is 4.25. The van der Waals surface area contributed by atoms with Crippen LogP contribution in [0, 0.1) is 5.92 Å². The number of rotatable bonds is 1. The van der Waals surface area contributed by atoms with Crippen LogP contribution in [0.1, 0.15) is 24.2 Å². The van der Waals surface area contributed by atoms with Crippen molar-refractivity contribution in [2.45, 2.75) is 19.4 Å². The molecule has 0 bridgehead atoms. The van der Waals surface area contributed by atoms with Crippen LogP contribution < -0.4 is 5.32 Å². The molecule has 1 N–H and O–H groups in total. The van der Waals surface area contributed by atoms with E-state index >= 15 is 0 Å². The quantitative estimate of drug-likeness (QED) is 0.669. The van der Waals surface area contributed by atoms with Crippen molar-refractivity contribution in [3.63, 3.8) is 0 Å². The molecule has 3 heteroatoms. The Morgan fingerprint density at radius 1 is 1.67 bits per heavy atom. The Morgan fingerprint density at radius 2 is 2.42 bits per heavy atom. The van der Waals surface area contributed by atoms with E-state index in [1.807, 2.05) is 25.0 Å². The van der Waals surface area contributed by atoms with Gasteiger partial charge < -0.3 is 5.32 Å². The van der Waals surface area contributed by atoms with Crippen molar-refractivity contribution in [1.82, 2.24) is 15.1 Å². The maximum absolute atomic E-state index is 4.25. The van der Waals surface area contributed by atoms with Gasteiger partial charge in [0.05, 0.1) is 6.20 Å². The smallest absolute Gasteiger partial charge is 0.0540 e. The zero-order valence-corrected chi connectivity index (χ0v) is 7.83. The molecule has 66 valence electrons. The molecule has 0 aromatic carbocycles. The summed E-state index contributed by atoms with van der Waals surface area (Å²) in [5, 5.41) is 7.58. The summed E-state index contributed by atoms with van der Waals surface area (Å²) in [6.45, 7) is 2.28. The summed E-state index contributed by atoms with van der Waals surface area (Å²) in [4.78, 5) is 0. The molecular formula is C9H15N3. The van der Waals surface area contributed by atoms with Gasteiger partial charge in [0.2, 0.25) is 0 Å². The molecule has 3 nitrogen and oxygen atoms in total. The summed E-state index contributed by atoms with van der Waals surface area (Å²) in [5.41, 5.74) is 2.77. The third-order valence-electron chi connectivity index (χ3n) is 2.82. The molecule has 1 aromatic rings. The predicted octanol–water partition coefficient (Wildman–Crippen LogP) is 0.873. The van der Waals surface area contributed by atoms with Crippen molar-refractivity contribution >= 4 is 0 Å². The molecule has 1 aliphatic carbocycles. The topological polar surface area (TPSA) is 29.9 Å². The van der Waals surface area contributed by atoms with Crippen molar-refractivity contribution in [3.05, 3.63) is 17.5 Å². The minimum Gasteiger partial charge on any atom is -0.313 e. The zero-order valence-electron chi connectivity index (χ0n) is 7.83. The minimum absolute atomic E-state index is 0.508. The molecule has 2 rings (SSSR count). The summed E-state index contributed by atoms with van der Waals surface area (Å²) in [6.07, 6.45) is 3.14. The van der Waals surface area contributed by atoms with Crippen molar-refractivity contribution in [3.8, 4) is 0 Å². The Bertz CT molecular complexity index is 290. The van der Waals surface area contributed by atoms with E-state index in [1.165, 1.54) is 11.3 Å². The lowest BCUT2D eigenvalue weighted by Crippen LogP contribution is -2.19. The van der Waals surface area contributed by atoms with E-state index < -0.39 is 0 Å². The van der Waals surface area contributed by atoms with E-state index in [0.29, 0.717) is 12.0 Å². The van der Waals surface area contributed by atoms with Crippen LogP contribution in [0.5, 0.6) is 0 Å². The van der Waals surface area contributed by atoms with Gasteiger partial charge in [-0.1, -0.05) is 6.92 Å². The van der Waals surface area contributed by atoms with Gasteiger partial charge in [0.25, 0.3) is 0 Å². The first-order valence-electron chi connectivity index (χ1n) is 4.42. The second kappa shape index (κ2) is 2.59. The number of aryl methyl sites for hydroxylation is 1. The summed E-state index contributed by atoms with van der Waals surface area (Å²) in [5.74, 6) is 0.703. The molecular weight excluding hydrogens is 150 g/mol. The largest absolute Gasteiger partial charge is 0.313 e. The van der Waals surface area contributed by atoms with E-state index in [-0.39, 0.29) is 0 Å². The van der Waals surface area contributed by atoms with Crippen LogP contribution in [0.25, 0.3) is 0 Å². The third-order valence-corrected chi connectivity index (χ3v) is 2.82. The Labute approximate surface area is 72.8 Å². The molecule has 2 atom stereocenters. The first kappa shape index (κ1) is 7.80. The number of aromatic nitrogens is 2. The van der Waals surface area contributed by atoms with Gasteiger partial charge in [-0.15, -0.1) is 0 Å². The monoisotopic (exact) mass is 165 g/mol. The number of hydrogen-bond acceptors (Lipinski definition) is 2. The molecule has 0 radical (unpaired) electrons. The highest BCUT2D eigenvalue weighted by Gasteiger charge is 2.30. The lowest BCUT2D eigenvalue weighted by molar-refractivity contribution is 0.440. The molecule has 0 spiro atoms. The maximum Gasteiger partial charge on any atom is 0.0540 e. The van der Waals surface area contributed by atoms with Crippen LogP contribution in [0.3, 0.4) is 0 Å². The Balaban J connectivity index is 2.41. The first-order chi connectivity index (χ1) is 5.74. The van der Waals surface area contributed by atoms with Crippen LogP contribution in [0.4, 0.5) is 0 Å². The van der Waals surface area contributed by atoms with E-state index in [2.05, 4.69) is 17.3 Å².